The molecule has 0 saturated carbocycles. The van der Waals surface area contributed by atoms with E-state index in [0.29, 0.717) is 0 Å². The molecule has 20 heavy (non-hydrogen) atoms. The predicted octanol–water partition coefficient (Wildman–Crippen LogP) is 3.05. The van der Waals surface area contributed by atoms with Crippen LogP contribution >= 0.6 is 7.60 Å². The fraction of sp³-hybridized carbons (Fsp3) is 0.417. The Morgan fingerprint density at radius 2 is 1.90 bits per heavy atom. The van der Waals surface area contributed by atoms with Crippen LogP contribution in [-0.2, 0) is 19.8 Å². The van der Waals surface area contributed by atoms with Gasteiger partial charge in [0.15, 0.2) is 0 Å². The molecule has 0 atom stereocenters. The van der Waals surface area contributed by atoms with Gasteiger partial charge in [0.1, 0.15) is 11.6 Å². The molecule has 1 aromatic rings. The van der Waals surface area contributed by atoms with Crippen LogP contribution in [0.25, 0.3) is 0 Å². The molecule has 0 radical (unpaired) electrons. The van der Waals surface area contributed by atoms with Crippen molar-refractivity contribution >= 4 is 13.7 Å². The fourth-order valence-corrected chi connectivity index (χ4v) is 3.28. The first-order chi connectivity index (χ1) is 9.40. The van der Waals surface area contributed by atoms with Crippen molar-refractivity contribution in [2.75, 3.05) is 13.2 Å². The van der Waals surface area contributed by atoms with Crippen LogP contribution in [0.3, 0.4) is 0 Å². The van der Waals surface area contributed by atoms with Crippen LogP contribution in [0.2, 0.25) is 0 Å². The van der Waals surface area contributed by atoms with Crippen LogP contribution in [0.5, 0.6) is 5.75 Å². The number of rotatable bonds is 7. The molecule has 2 N–H and O–H groups in total. The Morgan fingerprint density at radius 1 is 1.30 bits per heavy atom. The Kier molecular flexibility index (Phi) is 6.13. The molecule has 0 aliphatic heterocycles. The van der Waals surface area contributed by atoms with Crippen LogP contribution in [0.1, 0.15) is 19.4 Å². The van der Waals surface area contributed by atoms with Crippen LogP contribution in [0.15, 0.2) is 18.2 Å². The number of hydrogen-bond donors (Lipinski definition) is 1. The number of nitrogens with two attached hydrogens (primary N) is 1. The molecule has 0 unspecified atom stereocenters. The van der Waals surface area contributed by atoms with Gasteiger partial charge in [-0.05, 0) is 19.9 Å². The minimum absolute atomic E-state index is 0.0265. The molecule has 1 aromatic carbocycles. The molecule has 112 valence electrons. The molecule has 0 heterocycles. The molecule has 0 bridgehead atoms. The van der Waals surface area contributed by atoms with Gasteiger partial charge in [-0.2, -0.15) is 0 Å². The zero-order chi connectivity index (χ0) is 15.2. The summed E-state index contributed by atoms with van der Waals surface area (Å²) in [6.45, 7) is 3.74. The summed E-state index contributed by atoms with van der Waals surface area (Å²) in [6, 6.07) is 3.69. The van der Waals surface area contributed by atoms with Gasteiger partial charge in [0.25, 0.3) is 0 Å². The lowest BCUT2D eigenvalue weighted by Crippen LogP contribution is -2.16. The summed E-state index contributed by atoms with van der Waals surface area (Å²) >= 11 is 0. The maximum absolute atomic E-state index is 13.8. The van der Waals surface area contributed by atoms with Crippen molar-refractivity contribution in [3.8, 4) is 5.75 Å². The van der Waals surface area contributed by atoms with E-state index in [2.05, 4.69) is 4.74 Å². The lowest BCUT2D eigenvalue weighted by molar-refractivity contribution is 0.210. The number of benzene rings is 1. The zero-order valence-corrected chi connectivity index (χ0v) is 12.2. The van der Waals surface area contributed by atoms with Crippen molar-refractivity contribution in [3.63, 3.8) is 0 Å². The van der Waals surface area contributed by atoms with Crippen LogP contribution in [0, 0.1) is 5.82 Å². The first-order valence-corrected chi connectivity index (χ1v) is 7.77. The highest BCUT2D eigenvalue weighted by Crippen LogP contribution is 2.51. The molecule has 0 aliphatic carbocycles. The lowest BCUT2D eigenvalue weighted by atomic mass is 10.2. The number of halogens is 1. The van der Waals surface area contributed by atoms with Gasteiger partial charge < -0.3 is 19.5 Å². The standard InChI is InChI=1S/C12H17FNO5P/c1-3-17-20(16,18-4-2)8-9-5-6-10(7-11(9)13)19-12(14)15/h5-7H,3-4,8H2,1-2H3,(H2,14,15). The Bertz CT molecular complexity index is 513. The maximum Gasteiger partial charge on any atom is 0.409 e. The first-order valence-electron chi connectivity index (χ1n) is 6.04. The van der Waals surface area contributed by atoms with Gasteiger partial charge in [-0.1, -0.05) is 6.07 Å². The zero-order valence-electron chi connectivity index (χ0n) is 11.3. The van der Waals surface area contributed by atoms with E-state index in [-0.39, 0.29) is 30.7 Å². The van der Waals surface area contributed by atoms with E-state index in [1.54, 1.807) is 13.8 Å². The topological polar surface area (TPSA) is 87.9 Å². The summed E-state index contributed by atoms with van der Waals surface area (Å²) in [4.78, 5) is 10.6. The van der Waals surface area contributed by atoms with Gasteiger partial charge in [-0.15, -0.1) is 0 Å². The second-order valence-corrected chi connectivity index (χ2v) is 5.83. The quantitative estimate of drug-likeness (QED) is 0.782. The van der Waals surface area contributed by atoms with Gasteiger partial charge >= 0.3 is 13.7 Å². The molecular formula is C12H17FNO5P. The maximum atomic E-state index is 13.8. The molecule has 0 saturated heterocycles. The van der Waals surface area contributed by atoms with Gasteiger partial charge in [0, 0.05) is 11.6 Å². The van der Waals surface area contributed by atoms with Gasteiger partial charge in [-0.25, -0.2) is 9.18 Å². The molecular weight excluding hydrogens is 288 g/mol. The SMILES string of the molecule is CCOP(=O)(Cc1ccc(OC(N)=O)cc1F)OCC. The minimum Gasteiger partial charge on any atom is -0.410 e. The van der Waals surface area contributed by atoms with Gasteiger partial charge in [0.05, 0.1) is 19.4 Å². The largest absolute Gasteiger partial charge is 0.410 e. The Labute approximate surface area is 116 Å². The summed E-state index contributed by atoms with van der Waals surface area (Å²) in [5.41, 5.74) is 4.97. The third kappa shape index (κ3) is 4.92. The first kappa shape index (κ1) is 16.6. The fourth-order valence-electron chi connectivity index (χ4n) is 1.57. The molecule has 6 nitrogen and oxygen atoms in total. The predicted molar refractivity (Wildman–Crippen MR) is 71.2 cm³/mol. The smallest absolute Gasteiger partial charge is 0.409 e. The second kappa shape index (κ2) is 7.38. The molecule has 8 heteroatoms. The van der Waals surface area contributed by atoms with Gasteiger partial charge in [0.2, 0.25) is 0 Å². The number of carbonyl (C=O) groups excluding carboxylic acids is 1. The highest BCUT2D eigenvalue weighted by atomic mass is 31.2. The average Bonchev–Trinajstić information content (AvgIpc) is 2.32. The van der Waals surface area contributed by atoms with E-state index in [1.807, 2.05) is 0 Å². The van der Waals surface area contributed by atoms with Gasteiger partial charge in [-0.3, -0.25) is 4.57 Å². The number of ether oxygens (including phenoxy) is 1. The highest BCUT2D eigenvalue weighted by molar-refractivity contribution is 7.53. The molecule has 0 fully saturated rings. The Balaban J connectivity index is 2.91. The number of amides is 1. The second-order valence-electron chi connectivity index (χ2n) is 3.78. The summed E-state index contributed by atoms with van der Waals surface area (Å²) in [6.07, 6.45) is -1.23. The number of hydrogen-bond acceptors (Lipinski definition) is 5. The minimum atomic E-state index is -3.38. The van der Waals surface area contributed by atoms with Crippen molar-refractivity contribution < 1.29 is 27.5 Å². The van der Waals surface area contributed by atoms with E-state index in [9.17, 15) is 13.8 Å². The Hall–Kier alpha value is -1.43. The third-order valence-electron chi connectivity index (χ3n) is 2.26. The summed E-state index contributed by atoms with van der Waals surface area (Å²) in [5.74, 6) is -0.704. The van der Waals surface area contributed by atoms with Crippen molar-refractivity contribution in [1.82, 2.24) is 0 Å². The van der Waals surface area contributed by atoms with Crippen molar-refractivity contribution in [3.05, 3.63) is 29.6 Å². The van der Waals surface area contributed by atoms with Crippen molar-refractivity contribution in [1.29, 1.82) is 0 Å². The number of primary amides is 1. The molecule has 0 aromatic heterocycles. The van der Waals surface area contributed by atoms with Crippen LogP contribution < -0.4 is 10.5 Å². The van der Waals surface area contributed by atoms with E-state index >= 15 is 0 Å². The van der Waals surface area contributed by atoms with E-state index in [1.165, 1.54) is 12.1 Å². The average molecular weight is 305 g/mol. The molecule has 1 amide bonds. The summed E-state index contributed by atoms with van der Waals surface area (Å²) in [7, 11) is -3.38. The van der Waals surface area contributed by atoms with Crippen molar-refractivity contribution in [2.45, 2.75) is 20.0 Å². The van der Waals surface area contributed by atoms with E-state index < -0.39 is 19.5 Å². The molecule has 1 rings (SSSR count). The normalized spacial score (nSPS) is 11.3. The van der Waals surface area contributed by atoms with Crippen LogP contribution in [-0.4, -0.2) is 19.3 Å². The van der Waals surface area contributed by atoms with E-state index in [0.717, 1.165) is 6.07 Å². The van der Waals surface area contributed by atoms with Crippen LogP contribution in [0.4, 0.5) is 9.18 Å². The third-order valence-corrected chi connectivity index (χ3v) is 4.29. The molecule has 0 spiro atoms. The van der Waals surface area contributed by atoms with E-state index in [4.69, 9.17) is 14.8 Å². The lowest BCUT2D eigenvalue weighted by Gasteiger charge is -2.17. The summed E-state index contributed by atoms with van der Waals surface area (Å²) in [5, 5.41) is 0. The summed E-state index contributed by atoms with van der Waals surface area (Å²) < 4.78 is 40.8. The number of carbonyl (C=O) groups is 1. The molecule has 0 aliphatic rings. The Morgan fingerprint density at radius 3 is 2.35 bits per heavy atom. The van der Waals surface area contributed by atoms with Crippen molar-refractivity contribution in [2.24, 2.45) is 5.73 Å². The highest BCUT2D eigenvalue weighted by Gasteiger charge is 2.25. The monoisotopic (exact) mass is 305 g/mol.